The van der Waals surface area contributed by atoms with E-state index in [4.69, 9.17) is 0 Å². The number of hydrogen-bond donors (Lipinski definition) is 1. The Kier molecular flexibility index (Phi) is 6.17. The normalized spacial score (nSPS) is 19.6. The summed E-state index contributed by atoms with van der Waals surface area (Å²) >= 11 is 9.53. The Morgan fingerprint density at radius 1 is 1.50 bits per heavy atom. The molecule has 0 aromatic heterocycles. The lowest BCUT2D eigenvalue weighted by Crippen LogP contribution is -2.33. The molecule has 0 spiro atoms. The summed E-state index contributed by atoms with van der Waals surface area (Å²) in [6, 6.07) is 5.77. The number of carbonyl (C=O) groups excluding carboxylic acids is 1. The van der Waals surface area contributed by atoms with Crippen LogP contribution in [-0.2, 0) is 0 Å². The van der Waals surface area contributed by atoms with Crippen LogP contribution in [0.1, 0.15) is 10.4 Å². The molecule has 0 radical (unpaired) electrons. The second-order valence-electron chi connectivity index (χ2n) is 3.90. The summed E-state index contributed by atoms with van der Waals surface area (Å²) in [7, 11) is 0. The van der Waals surface area contributed by atoms with Crippen molar-refractivity contribution in [3.8, 4) is 0 Å². The summed E-state index contributed by atoms with van der Waals surface area (Å²) in [6.07, 6.45) is 0. The van der Waals surface area contributed by atoms with Crippen molar-refractivity contribution in [1.82, 2.24) is 5.32 Å². The van der Waals surface area contributed by atoms with Crippen molar-refractivity contribution in [2.45, 2.75) is 5.25 Å². The molecule has 1 aliphatic heterocycles. The Balaban J connectivity index is 1.92. The quantitative estimate of drug-likeness (QED) is 0.702. The fraction of sp³-hybridized carbons (Fsp3) is 0.417. The highest BCUT2D eigenvalue weighted by atomic mass is 127. The van der Waals surface area contributed by atoms with Crippen molar-refractivity contribution in [3.63, 3.8) is 0 Å². The van der Waals surface area contributed by atoms with Gasteiger partial charge in [0.1, 0.15) is 0 Å². The lowest BCUT2D eigenvalue weighted by molar-refractivity contribution is 0.0953. The van der Waals surface area contributed by atoms with Gasteiger partial charge < -0.3 is 5.32 Å². The average Bonchev–Trinajstić information content (AvgIpc) is 2.40. The highest BCUT2D eigenvalue weighted by Crippen LogP contribution is 2.23. The van der Waals surface area contributed by atoms with E-state index in [0.717, 1.165) is 25.9 Å². The number of thioether (sulfide) groups is 2. The van der Waals surface area contributed by atoms with Gasteiger partial charge in [-0.15, -0.1) is 0 Å². The first-order valence-corrected chi connectivity index (χ1v) is 9.67. The summed E-state index contributed by atoms with van der Waals surface area (Å²) in [6.45, 7) is 0.763. The minimum Gasteiger partial charge on any atom is -0.351 e. The number of benzene rings is 1. The van der Waals surface area contributed by atoms with Crippen molar-refractivity contribution < 1.29 is 4.79 Å². The van der Waals surface area contributed by atoms with E-state index in [2.05, 4.69) is 43.8 Å². The first-order valence-electron chi connectivity index (χ1n) is 5.59. The Morgan fingerprint density at radius 3 is 3.06 bits per heavy atom. The van der Waals surface area contributed by atoms with Crippen LogP contribution in [0.2, 0.25) is 0 Å². The van der Waals surface area contributed by atoms with Crippen LogP contribution >= 0.6 is 62.0 Å². The molecule has 1 heterocycles. The molecule has 98 valence electrons. The minimum atomic E-state index is 0.0249. The third-order valence-corrected chi connectivity index (χ3v) is 6.83. The number of rotatable bonds is 3. The molecule has 0 saturated carbocycles. The molecule has 1 saturated heterocycles. The van der Waals surface area contributed by atoms with Crippen molar-refractivity contribution in [2.24, 2.45) is 0 Å². The SMILES string of the molecule is O=C(NCC1CSCCS1)c1cc(Br)ccc1I. The maximum Gasteiger partial charge on any atom is 0.252 e. The van der Waals surface area contributed by atoms with Gasteiger partial charge >= 0.3 is 0 Å². The van der Waals surface area contributed by atoms with Crippen LogP contribution in [0.25, 0.3) is 0 Å². The first kappa shape index (κ1) is 15.0. The van der Waals surface area contributed by atoms with Gasteiger partial charge in [0.2, 0.25) is 0 Å². The van der Waals surface area contributed by atoms with Gasteiger partial charge in [0.15, 0.2) is 0 Å². The first-order chi connectivity index (χ1) is 8.66. The zero-order valence-electron chi connectivity index (χ0n) is 9.62. The molecule has 0 bridgehead atoms. The van der Waals surface area contributed by atoms with E-state index < -0.39 is 0 Å². The Labute approximate surface area is 138 Å². The number of hydrogen-bond acceptors (Lipinski definition) is 3. The van der Waals surface area contributed by atoms with E-state index >= 15 is 0 Å². The van der Waals surface area contributed by atoms with E-state index in [0.29, 0.717) is 5.25 Å². The van der Waals surface area contributed by atoms with E-state index in [-0.39, 0.29) is 5.91 Å². The maximum atomic E-state index is 12.1. The van der Waals surface area contributed by atoms with E-state index in [1.807, 2.05) is 41.7 Å². The van der Waals surface area contributed by atoms with Gasteiger partial charge in [0.25, 0.3) is 5.91 Å². The molecule has 1 unspecified atom stereocenters. The molecular formula is C12H13BrINOS2. The van der Waals surface area contributed by atoms with Crippen molar-refractivity contribution >= 4 is 68.0 Å². The van der Waals surface area contributed by atoms with Crippen LogP contribution in [0.15, 0.2) is 22.7 Å². The highest BCUT2D eigenvalue weighted by Gasteiger charge is 2.16. The van der Waals surface area contributed by atoms with Crippen LogP contribution in [-0.4, -0.2) is 35.0 Å². The summed E-state index contributed by atoms with van der Waals surface area (Å²) in [5.41, 5.74) is 0.749. The largest absolute Gasteiger partial charge is 0.351 e. The minimum absolute atomic E-state index is 0.0249. The maximum absolute atomic E-state index is 12.1. The molecule has 1 aromatic carbocycles. The molecule has 1 amide bonds. The summed E-state index contributed by atoms with van der Waals surface area (Å²) in [4.78, 5) is 12.1. The Morgan fingerprint density at radius 2 is 2.33 bits per heavy atom. The zero-order valence-corrected chi connectivity index (χ0v) is 15.0. The van der Waals surface area contributed by atoms with Crippen molar-refractivity contribution in [3.05, 3.63) is 31.8 Å². The van der Waals surface area contributed by atoms with Gasteiger partial charge in [0.05, 0.1) is 5.56 Å². The van der Waals surface area contributed by atoms with Gasteiger partial charge in [-0.2, -0.15) is 23.5 Å². The van der Waals surface area contributed by atoms with Crippen molar-refractivity contribution in [2.75, 3.05) is 23.8 Å². The van der Waals surface area contributed by atoms with Gasteiger partial charge in [0, 0.05) is 37.1 Å². The summed E-state index contributed by atoms with van der Waals surface area (Å²) in [5, 5.41) is 3.59. The van der Waals surface area contributed by atoms with E-state index in [9.17, 15) is 4.79 Å². The molecule has 1 aromatic rings. The standard InChI is InChI=1S/C12H13BrINOS2/c13-8-1-2-11(14)10(5-8)12(16)15-6-9-7-17-3-4-18-9/h1-2,5,9H,3-4,6-7H2,(H,15,16). The lowest BCUT2D eigenvalue weighted by atomic mass is 10.2. The smallest absolute Gasteiger partial charge is 0.252 e. The van der Waals surface area contributed by atoms with Crippen molar-refractivity contribution in [1.29, 1.82) is 0 Å². The summed E-state index contributed by atoms with van der Waals surface area (Å²) < 4.78 is 1.93. The fourth-order valence-electron chi connectivity index (χ4n) is 1.63. The fourth-order valence-corrected chi connectivity index (χ4v) is 5.18. The highest BCUT2D eigenvalue weighted by molar-refractivity contribution is 14.1. The number of halogens is 2. The van der Waals surface area contributed by atoms with E-state index in [1.54, 1.807) is 0 Å². The van der Waals surface area contributed by atoms with Gasteiger partial charge in [-0.25, -0.2) is 0 Å². The van der Waals surface area contributed by atoms with Gasteiger partial charge in [-0.3, -0.25) is 4.79 Å². The molecule has 1 N–H and O–H groups in total. The zero-order chi connectivity index (χ0) is 13.0. The van der Waals surface area contributed by atoms with Crippen LogP contribution in [0.3, 0.4) is 0 Å². The molecule has 18 heavy (non-hydrogen) atoms. The molecule has 1 aliphatic rings. The predicted octanol–water partition coefficient (Wildman–Crippen LogP) is 3.63. The van der Waals surface area contributed by atoms with Gasteiger partial charge in [-0.1, -0.05) is 15.9 Å². The third-order valence-electron chi connectivity index (χ3n) is 2.55. The molecule has 6 heteroatoms. The molecule has 1 atom stereocenters. The van der Waals surface area contributed by atoms with Crippen LogP contribution < -0.4 is 5.32 Å². The monoisotopic (exact) mass is 457 g/mol. The third kappa shape index (κ3) is 4.31. The molecule has 1 fully saturated rings. The Bertz CT molecular complexity index is 438. The van der Waals surface area contributed by atoms with Crippen LogP contribution in [0.5, 0.6) is 0 Å². The Hall–Kier alpha value is 0.600. The molecule has 0 aliphatic carbocycles. The second-order valence-corrected chi connectivity index (χ2v) is 8.54. The summed E-state index contributed by atoms with van der Waals surface area (Å²) in [5.74, 6) is 3.59. The average molecular weight is 458 g/mol. The number of nitrogens with one attached hydrogen (secondary N) is 1. The van der Waals surface area contributed by atoms with Crippen LogP contribution in [0.4, 0.5) is 0 Å². The van der Waals surface area contributed by atoms with Gasteiger partial charge in [-0.05, 0) is 40.8 Å². The lowest BCUT2D eigenvalue weighted by Gasteiger charge is -2.21. The molecular weight excluding hydrogens is 445 g/mol. The molecule has 2 nitrogen and oxygen atoms in total. The molecule has 2 rings (SSSR count). The number of carbonyl (C=O) groups is 1. The topological polar surface area (TPSA) is 29.1 Å². The van der Waals surface area contributed by atoms with E-state index in [1.165, 1.54) is 11.5 Å². The predicted molar refractivity (Wildman–Crippen MR) is 92.8 cm³/mol. The second kappa shape index (κ2) is 7.40. The van der Waals surface area contributed by atoms with Crippen LogP contribution in [0, 0.1) is 3.57 Å². The number of amides is 1.